The second-order valence-electron chi connectivity index (χ2n) is 2.11. The monoisotopic (exact) mass is 185 g/mol. The van der Waals surface area contributed by atoms with Crippen molar-refractivity contribution < 1.29 is 9.94 Å². The lowest BCUT2D eigenvalue weighted by Gasteiger charge is -2.03. The van der Waals surface area contributed by atoms with E-state index in [9.17, 15) is 0 Å². The van der Waals surface area contributed by atoms with Crippen LogP contribution >= 0.6 is 11.6 Å². The molecule has 3 nitrogen and oxygen atoms in total. The predicted molar refractivity (Wildman–Crippen MR) is 47.4 cm³/mol. The lowest BCUT2D eigenvalue weighted by atomic mass is 10.2. The van der Waals surface area contributed by atoms with Gasteiger partial charge in [-0.2, -0.15) is 0 Å². The topological polar surface area (TPSA) is 41.8 Å². The van der Waals surface area contributed by atoms with Gasteiger partial charge in [-0.3, -0.25) is 0 Å². The molecular weight excluding hydrogens is 178 g/mol. The van der Waals surface area contributed by atoms with Gasteiger partial charge in [-0.1, -0.05) is 28.9 Å². The lowest BCUT2D eigenvalue weighted by Crippen LogP contribution is -1.88. The molecule has 4 heteroatoms. The summed E-state index contributed by atoms with van der Waals surface area (Å²) in [5, 5.41) is 11.6. The molecule has 0 aliphatic carbocycles. The molecule has 0 fully saturated rings. The summed E-state index contributed by atoms with van der Waals surface area (Å²) in [4.78, 5) is 0. The maximum Gasteiger partial charge on any atom is 0.138 e. The van der Waals surface area contributed by atoms with Gasteiger partial charge in [0, 0.05) is 5.56 Å². The first-order valence-electron chi connectivity index (χ1n) is 3.29. The molecule has 0 aliphatic heterocycles. The van der Waals surface area contributed by atoms with Gasteiger partial charge >= 0.3 is 0 Å². The summed E-state index contributed by atoms with van der Waals surface area (Å²) in [6, 6.07) is 5.23. The van der Waals surface area contributed by atoms with Gasteiger partial charge in [0.05, 0.1) is 18.3 Å². The summed E-state index contributed by atoms with van der Waals surface area (Å²) in [6.45, 7) is 0. The molecule has 1 rings (SSSR count). The zero-order valence-electron chi connectivity index (χ0n) is 6.49. The molecule has 1 aromatic rings. The Morgan fingerprint density at radius 2 is 2.33 bits per heavy atom. The summed E-state index contributed by atoms with van der Waals surface area (Å²) >= 11 is 5.86. The van der Waals surface area contributed by atoms with Crippen molar-refractivity contribution in [2.24, 2.45) is 5.16 Å². The number of nitrogens with zero attached hydrogens (tertiary/aromatic N) is 1. The molecule has 64 valence electrons. The molecule has 1 aromatic carbocycles. The molecule has 0 atom stereocenters. The minimum Gasteiger partial charge on any atom is -0.495 e. The zero-order valence-corrected chi connectivity index (χ0v) is 7.25. The second-order valence-corrected chi connectivity index (χ2v) is 2.49. The van der Waals surface area contributed by atoms with E-state index < -0.39 is 0 Å². The van der Waals surface area contributed by atoms with Crippen molar-refractivity contribution in [2.45, 2.75) is 0 Å². The van der Waals surface area contributed by atoms with Crippen LogP contribution in [0.25, 0.3) is 0 Å². The Hall–Kier alpha value is -1.22. The number of hydrogen-bond donors (Lipinski definition) is 1. The number of halogens is 1. The van der Waals surface area contributed by atoms with Crippen LogP contribution in [0.15, 0.2) is 23.4 Å². The summed E-state index contributed by atoms with van der Waals surface area (Å²) in [7, 11) is 1.53. The molecule has 0 aromatic heterocycles. The van der Waals surface area contributed by atoms with E-state index in [4.69, 9.17) is 21.5 Å². The fourth-order valence-electron chi connectivity index (χ4n) is 0.847. The molecule has 12 heavy (non-hydrogen) atoms. The maximum atomic E-state index is 8.28. The summed E-state index contributed by atoms with van der Waals surface area (Å²) < 4.78 is 4.96. The third-order valence-corrected chi connectivity index (χ3v) is 1.81. The van der Waals surface area contributed by atoms with Gasteiger partial charge in [-0.25, -0.2) is 0 Å². The van der Waals surface area contributed by atoms with E-state index in [1.54, 1.807) is 18.2 Å². The lowest BCUT2D eigenvalue weighted by molar-refractivity contribution is 0.322. The van der Waals surface area contributed by atoms with Crippen LogP contribution in [0.4, 0.5) is 0 Å². The van der Waals surface area contributed by atoms with Crippen LogP contribution in [0.1, 0.15) is 5.56 Å². The summed E-state index contributed by atoms with van der Waals surface area (Å²) in [6.07, 6.45) is 1.25. The highest BCUT2D eigenvalue weighted by Crippen LogP contribution is 2.26. The Kier molecular flexibility index (Phi) is 2.94. The third kappa shape index (κ3) is 1.68. The Labute approximate surface area is 75.2 Å². The number of rotatable bonds is 2. The van der Waals surface area contributed by atoms with Gasteiger partial charge in [0.1, 0.15) is 5.75 Å². The van der Waals surface area contributed by atoms with E-state index in [2.05, 4.69) is 5.16 Å². The molecule has 0 aliphatic rings. The molecule has 0 amide bonds. The van der Waals surface area contributed by atoms with Crippen LogP contribution in [0, 0.1) is 0 Å². The Morgan fingerprint density at radius 1 is 1.58 bits per heavy atom. The quantitative estimate of drug-likeness (QED) is 0.436. The molecule has 0 saturated heterocycles. The fraction of sp³-hybridized carbons (Fsp3) is 0.125. The van der Waals surface area contributed by atoms with Crippen molar-refractivity contribution in [3.8, 4) is 5.75 Å². The Balaban J connectivity index is 3.13. The van der Waals surface area contributed by atoms with Crippen molar-refractivity contribution in [1.29, 1.82) is 0 Å². The SMILES string of the molecule is COc1cccc(C=NO)c1Cl. The molecule has 0 heterocycles. The van der Waals surface area contributed by atoms with Crippen molar-refractivity contribution in [3.63, 3.8) is 0 Å². The molecule has 1 N–H and O–H groups in total. The van der Waals surface area contributed by atoms with E-state index in [1.165, 1.54) is 13.3 Å². The minimum atomic E-state index is 0.442. The molecular formula is C8H8ClNO2. The van der Waals surface area contributed by atoms with Gasteiger partial charge in [-0.05, 0) is 6.07 Å². The molecule has 0 spiro atoms. The minimum absolute atomic E-state index is 0.442. The van der Waals surface area contributed by atoms with Crippen molar-refractivity contribution in [2.75, 3.05) is 7.11 Å². The summed E-state index contributed by atoms with van der Waals surface area (Å²) in [5.41, 5.74) is 0.624. The third-order valence-electron chi connectivity index (χ3n) is 1.41. The number of oxime groups is 1. The Morgan fingerprint density at radius 3 is 2.92 bits per heavy atom. The largest absolute Gasteiger partial charge is 0.495 e. The second kappa shape index (κ2) is 3.97. The number of benzene rings is 1. The van der Waals surface area contributed by atoms with Crippen LogP contribution in [0.3, 0.4) is 0 Å². The van der Waals surface area contributed by atoms with Crippen LogP contribution in [0.5, 0.6) is 5.75 Å². The standard InChI is InChI=1S/C8H8ClNO2/c1-12-7-4-2-3-6(5-10-11)8(7)9/h2-5,11H,1H3. The van der Waals surface area contributed by atoms with Crippen LogP contribution < -0.4 is 4.74 Å². The Bertz CT molecular complexity index is 299. The van der Waals surface area contributed by atoms with Gasteiger partial charge in [0.25, 0.3) is 0 Å². The van der Waals surface area contributed by atoms with E-state index in [-0.39, 0.29) is 0 Å². The number of hydrogen-bond acceptors (Lipinski definition) is 3. The van der Waals surface area contributed by atoms with Gasteiger partial charge in [0.15, 0.2) is 0 Å². The van der Waals surface area contributed by atoms with Crippen LogP contribution in [0.2, 0.25) is 5.02 Å². The van der Waals surface area contributed by atoms with E-state index in [1.807, 2.05) is 0 Å². The van der Waals surface area contributed by atoms with Gasteiger partial charge in [0.2, 0.25) is 0 Å². The normalized spacial score (nSPS) is 10.5. The highest BCUT2D eigenvalue weighted by Gasteiger charge is 2.03. The highest BCUT2D eigenvalue weighted by atomic mass is 35.5. The molecule has 0 bridgehead atoms. The molecule has 0 unspecified atom stereocenters. The first-order chi connectivity index (χ1) is 5.79. The molecule has 0 radical (unpaired) electrons. The van der Waals surface area contributed by atoms with Crippen LogP contribution in [-0.2, 0) is 0 Å². The molecule has 0 saturated carbocycles. The van der Waals surface area contributed by atoms with E-state index >= 15 is 0 Å². The highest BCUT2D eigenvalue weighted by molar-refractivity contribution is 6.34. The van der Waals surface area contributed by atoms with Crippen molar-refractivity contribution >= 4 is 17.8 Å². The van der Waals surface area contributed by atoms with Gasteiger partial charge < -0.3 is 9.94 Å². The van der Waals surface area contributed by atoms with Crippen LogP contribution in [-0.4, -0.2) is 18.5 Å². The average Bonchev–Trinajstić information content (AvgIpc) is 2.09. The summed E-state index contributed by atoms with van der Waals surface area (Å²) in [5.74, 6) is 0.564. The first-order valence-corrected chi connectivity index (χ1v) is 3.67. The van der Waals surface area contributed by atoms with Crippen molar-refractivity contribution in [3.05, 3.63) is 28.8 Å². The van der Waals surface area contributed by atoms with E-state index in [0.29, 0.717) is 16.3 Å². The fourth-order valence-corrected chi connectivity index (χ4v) is 1.10. The number of methoxy groups -OCH3 is 1. The zero-order chi connectivity index (χ0) is 8.97. The van der Waals surface area contributed by atoms with Crippen molar-refractivity contribution in [1.82, 2.24) is 0 Å². The smallest absolute Gasteiger partial charge is 0.138 e. The maximum absolute atomic E-state index is 8.28. The van der Waals surface area contributed by atoms with Gasteiger partial charge in [-0.15, -0.1) is 0 Å². The predicted octanol–water partition coefficient (Wildman–Crippen LogP) is 2.16. The van der Waals surface area contributed by atoms with E-state index in [0.717, 1.165) is 0 Å². The number of ether oxygens (including phenoxy) is 1. The first kappa shape index (κ1) is 8.87. The average molecular weight is 186 g/mol.